The molecule has 0 saturated carbocycles. The molecule has 3 N–H and O–H groups in total. The molecular weight excluding hydrogens is 321 g/mol. The summed E-state index contributed by atoms with van der Waals surface area (Å²) >= 11 is 0. The highest BCUT2D eigenvalue weighted by Crippen LogP contribution is 2.30. The predicted octanol–water partition coefficient (Wildman–Crippen LogP) is 3.20. The number of halogens is 3. The highest BCUT2D eigenvalue weighted by Gasteiger charge is 2.30. The molecule has 1 amide bonds. The van der Waals surface area contributed by atoms with Gasteiger partial charge in [-0.3, -0.25) is 4.79 Å². The maximum absolute atomic E-state index is 12.8. The van der Waals surface area contributed by atoms with Crippen molar-refractivity contribution in [1.29, 1.82) is 0 Å². The molecule has 0 aliphatic rings. The highest BCUT2D eigenvalue weighted by atomic mass is 19.4. The molecule has 1 aromatic heterocycles. The van der Waals surface area contributed by atoms with Crippen molar-refractivity contribution in [2.24, 2.45) is 11.7 Å². The molecule has 24 heavy (non-hydrogen) atoms. The van der Waals surface area contributed by atoms with Gasteiger partial charge in [-0.15, -0.1) is 0 Å². The minimum absolute atomic E-state index is 0.0171. The van der Waals surface area contributed by atoms with Gasteiger partial charge in [-0.25, -0.2) is 4.68 Å². The second-order valence-corrected chi connectivity index (χ2v) is 5.62. The molecule has 130 valence electrons. The molecule has 5 nitrogen and oxygen atoms in total. The van der Waals surface area contributed by atoms with Crippen molar-refractivity contribution in [3.8, 4) is 5.69 Å². The van der Waals surface area contributed by atoms with E-state index in [0.717, 1.165) is 18.6 Å². The van der Waals surface area contributed by atoms with Gasteiger partial charge in [0, 0.05) is 0 Å². The van der Waals surface area contributed by atoms with E-state index in [4.69, 9.17) is 5.73 Å². The summed E-state index contributed by atoms with van der Waals surface area (Å²) in [6, 6.07) is 4.12. The molecular formula is C16H19F3N4O. The van der Waals surface area contributed by atoms with E-state index < -0.39 is 17.8 Å². The van der Waals surface area contributed by atoms with E-state index >= 15 is 0 Å². The van der Waals surface area contributed by atoms with Crippen LogP contribution in [-0.4, -0.2) is 21.7 Å². The topological polar surface area (TPSA) is 72.9 Å². The van der Waals surface area contributed by atoms with Crippen LogP contribution < -0.4 is 11.1 Å². The van der Waals surface area contributed by atoms with Gasteiger partial charge < -0.3 is 11.1 Å². The number of rotatable bonds is 5. The molecule has 0 fully saturated rings. The van der Waals surface area contributed by atoms with Crippen molar-refractivity contribution >= 4 is 11.6 Å². The molecule has 0 spiro atoms. The molecule has 0 aliphatic heterocycles. The first-order chi connectivity index (χ1) is 11.2. The van der Waals surface area contributed by atoms with Crippen LogP contribution in [0.25, 0.3) is 5.69 Å². The lowest BCUT2D eigenvalue weighted by atomic mass is 9.99. The number of hydrogen-bond donors (Lipinski definition) is 2. The summed E-state index contributed by atoms with van der Waals surface area (Å²) in [5.41, 5.74) is 5.69. The van der Waals surface area contributed by atoms with E-state index in [1.54, 1.807) is 0 Å². The quantitative estimate of drug-likeness (QED) is 0.878. The summed E-state index contributed by atoms with van der Waals surface area (Å²) in [4.78, 5) is 12.0. The average Bonchev–Trinajstić information content (AvgIpc) is 3.01. The SMILES string of the molecule is CCC(C)C(N)C(=O)Nc1cnn(-c2cccc(C(F)(F)F)c2)c1. The van der Waals surface area contributed by atoms with Gasteiger partial charge in [0.15, 0.2) is 0 Å². The Balaban J connectivity index is 2.15. The second kappa shape index (κ2) is 7.04. The van der Waals surface area contributed by atoms with Crippen molar-refractivity contribution in [2.45, 2.75) is 32.5 Å². The van der Waals surface area contributed by atoms with Crippen molar-refractivity contribution in [3.63, 3.8) is 0 Å². The van der Waals surface area contributed by atoms with Crippen LogP contribution in [0.3, 0.4) is 0 Å². The molecule has 2 atom stereocenters. The molecule has 0 aliphatic carbocycles. The number of nitrogens with zero attached hydrogens (tertiary/aromatic N) is 2. The van der Waals surface area contributed by atoms with E-state index in [1.165, 1.54) is 29.2 Å². The largest absolute Gasteiger partial charge is 0.416 e. The predicted molar refractivity (Wildman–Crippen MR) is 84.6 cm³/mol. The first-order valence-electron chi connectivity index (χ1n) is 7.51. The Morgan fingerprint density at radius 3 is 2.75 bits per heavy atom. The van der Waals surface area contributed by atoms with Crippen LogP contribution in [0.1, 0.15) is 25.8 Å². The molecule has 0 radical (unpaired) electrons. The van der Waals surface area contributed by atoms with E-state index in [9.17, 15) is 18.0 Å². The van der Waals surface area contributed by atoms with E-state index in [1.807, 2.05) is 13.8 Å². The molecule has 1 heterocycles. The van der Waals surface area contributed by atoms with Crippen LogP contribution in [0.2, 0.25) is 0 Å². The van der Waals surface area contributed by atoms with Crippen molar-refractivity contribution in [1.82, 2.24) is 9.78 Å². The van der Waals surface area contributed by atoms with Crippen LogP contribution in [0, 0.1) is 5.92 Å². The zero-order chi connectivity index (χ0) is 17.9. The number of nitrogens with one attached hydrogen (secondary N) is 1. The minimum atomic E-state index is -4.43. The fourth-order valence-corrected chi connectivity index (χ4v) is 2.09. The monoisotopic (exact) mass is 340 g/mol. The van der Waals surface area contributed by atoms with Crippen LogP contribution in [0.15, 0.2) is 36.7 Å². The Labute approximate surface area is 137 Å². The zero-order valence-electron chi connectivity index (χ0n) is 13.3. The summed E-state index contributed by atoms with van der Waals surface area (Å²) in [5, 5.41) is 6.60. The molecule has 0 saturated heterocycles. The number of anilines is 1. The second-order valence-electron chi connectivity index (χ2n) is 5.62. The van der Waals surface area contributed by atoms with Crippen LogP contribution in [-0.2, 0) is 11.0 Å². The fourth-order valence-electron chi connectivity index (χ4n) is 2.09. The Morgan fingerprint density at radius 1 is 1.42 bits per heavy atom. The Kier molecular flexibility index (Phi) is 5.28. The summed E-state index contributed by atoms with van der Waals surface area (Å²) in [7, 11) is 0. The summed E-state index contributed by atoms with van der Waals surface area (Å²) in [6.45, 7) is 3.81. The number of benzene rings is 1. The maximum Gasteiger partial charge on any atom is 0.416 e. The molecule has 1 aromatic carbocycles. The lowest BCUT2D eigenvalue weighted by Crippen LogP contribution is -2.40. The zero-order valence-corrected chi connectivity index (χ0v) is 13.3. The molecule has 8 heteroatoms. The van der Waals surface area contributed by atoms with Gasteiger partial charge in [0.2, 0.25) is 5.91 Å². The van der Waals surface area contributed by atoms with Gasteiger partial charge in [0.25, 0.3) is 0 Å². The Hall–Kier alpha value is -2.35. The Morgan fingerprint density at radius 2 is 2.12 bits per heavy atom. The van der Waals surface area contributed by atoms with E-state index in [0.29, 0.717) is 5.69 Å². The molecule has 2 unspecified atom stereocenters. The van der Waals surface area contributed by atoms with Crippen LogP contribution in [0.4, 0.5) is 18.9 Å². The van der Waals surface area contributed by atoms with Gasteiger partial charge >= 0.3 is 6.18 Å². The minimum Gasteiger partial charge on any atom is -0.322 e. The Bertz CT molecular complexity index is 711. The summed E-state index contributed by atoms with van der Waals surface area (Å²) in [6.07, 6.45) is -0.862. The highest BCUT2D eigenvalue weighted by molar-refractivity contribution is 5.94. The molecule has 2 rings (SSSR count). The number of hydrogen-bond acceptors (Lipinski definition) is 3. The van der Waals surface area contributed by atoms with Gasteiger partial charge in [0.05, 0.1) is 35.4 Å². The van der Waals surface area contributed by atoms with Crippen molar-refractivity contribution in [2.75, 3.05) is 5.32 Å². The number of aromatic nitrogens is 2. The van der Waals surface area contributed by atoms with Crippen LogP contribution in [0.5, 0.6) is 0 Å². The van der Waals surface area contributed by atoms with Gasteiger partial charge in [0.1, 0.15) is 0 Å². The van der Waals surface area contributed by atoms with Crippen LogP contribution >= 0.6 is 0 Å². The van der Waals surface area contributed by atoms with Gasteiger partial charge in [-0.05, 0) is 24.1 Å². The third-order valence-electron chi connectivity index (χ3n) is 3.85. The van der Waals surface area contributed by atoms with Crippen molar-refractivity contribution < 1.29 is 18.0 Å². The standard InChI is InChI=1S/C16H19F3N4O/c1-3-10(2)14(20)15(24)22-12-8-21-23(9-12)13-6-4-5-11(7-13)16(17,18)19/h4-10,14H,3,20H2,1-2H3,(H,22,24). The first-order valence-corrected chi connectivity index (χ1v) is 7.51. The maximum atomic E-state index is 12.8. The third-order valence-corrected chi connectivity index (χ3v) is 3.85. The van der Waals surface area contributed by atoms with Gasteiger partial charge in [-0.2, -0.15) is 18.3 Å². The van der Waals surface area contributed by atoms with Gasteiger partial charge in [-0.1, -0.05) is 26.3 Å². The number of carbonyl (C=O) groups excluding carboxylic acids is 1. The molecule has 2 aromatic rings. The number of amides is 1. The summed E-state index contributed by atoms with van der Waals surface area (Å²) < 4.78 is 39.5. The third kappa shape index (κ3) is 4.14. The van der Waals surface area contributed by atoms with Crippen molar-refractivity contribution in [3.05, 3.63) is 42.2 Å². The number of alkyl halides is 3. The normalized spacial score (nSPS) is 14.2. The number of nitrogens with two attached hydrogens (primary N) is 1. The summed E-state index contributed by atoms with van der Waals surface area (Å²) in [5.74, 6) is -0.337. The lowest BCUT2D eigenvalue weighted by molar-refractivity contribution is -0.137. The fraction of sp³-hybridized carbons (Fsp3) is 0.375. The van der Waals surface area contributed by atoms with E-state index in [2.05, 4.69) is 10.4 Å². The lowest BCUT2D eigenvalue weighted by Gasteiger charge is -2.16. The smallest absolute Gasteiger partial charge is 0.322 e. The molecule has 0 bridgehead atoms. The first kappa shape index (κ1) is 18.0. The average molecular weight is 340 g/mol. The number of carbonyl (C=O) groups is 1. The van der Waals surface area contributed by atoms with E-state index in [-0.39, 0.29) is 17.5 Å².